The summed E-state index contributed by atoms with van der Waals surface area (Å²) in [5.41, 5.74) is -0.760. The highest BCUT2D eigenvalue weighted by atomic mass is 16.3. The molecule has 3 nitrogen and oxygen atoms in total. The molecule has 0 saturated heterocycles. The molecule has 6 aliphatic rings. The number of Topliss-reactive ketones (excluding diaryl/α,β-unsaturated/α-hetero) is 1. The minimum Gasteiger partial charge on any atom is -0.393 e. The number of hydrogen-bond acceptors (Lipinski definition) is 3. The molecule has 0 aromatic carbocycles. The van der Waals surface area contributed by atoms with Crippen molar-refractivity contribution in [1.82, 2.24) is 0 Å². The van der Waals surface area contributed by atoms with Gasteiger partial charge in [0.1, 0.15) is 5.78 Å². The molecule has 0 heterocycles. The van der Waals surface area contributed by atoms with Crippen molar-refractivity contribution in [3.05, 3.63) is 0 Å². The maximum absolute atomic E-state index is 12.9. The number of hydrogen-bond donors (Lipinski definition) is 2. The molecular weight excluding hydrogens is 300 g/mol. The van der Waals surface area contributed by atoms with E-state index in [9.17, 15) is 15.0 Å². The van der Waals surface area contributed by atoms with Gasteiger partial charge >= 0.3 is 0 Å². The van der Waals surface area contributed by atoms with E-state index < -0.39 is 5.60 Å². The first-order valence-corrected chi connectivity index (χ1v) is 10.3. The van der Waals surface area contributed by atoms with Crippen LogP contribution in [0, 0.1) is 52.3 Å². The highest BCUT2D eigenvalue weighted by Gasteiger charge is 2.78. The Hall–Kier alpha value is -0.410. The van der Waals surface area contributed by atoms with Crippen molar-refractivity contribution in [2.75, 3.05) is 0 Å². The van der Waals surface area contributed by atoms with E-state index in [-0.39, 0.29) is 16.9 Å². The Balaban J connectivity index is 1.45. The highest BCUT2D eigenvalue weighted by molar-refractivity contribution is 5.92. The molecule has 6 rings (SSSR count). The van der Waals surface area contributed by atoms with Gasteiger partial charge in [-0.2, -0.15) is 0 Å². The first kappa shape index (κ1) is 14.7. The third-order valence-electron chi connectivity index (χ3n) is 10.1. The molecule has 0 amide bonds. The minimum atomic E-state index is -0.657. The predicted octanol–water partition coefficient (Wildman–Crippen LogP) is 2.79. The molecule has 24 heavy (non-hydrogen) atoms. The second-order valence-electron chi connectivity index (χ2n) is 10.8. The van der Waals surface area contributed by atoms with Gasteiger partial charge in [0.15, 0.2) is 0 Å². The molecule has 6 saturated carbocycles. The summed E-state index contributed by atoms with van der Waals surface area (Å²) >= 11 is 0. The minimum absolute atomic E-state index is 0.0497. The van der Waals surface area contributed by atoms with Gasteiger partial charge in [-0.15, -0.1) is 0 Å². The zero-order chi connectivity index (χ0) is 16.6. The molecule has 6 aliphatic carbocycles. The van der Waals surface area contributed by atoms with E-state index in [1.54, 1.807) is 0 Å². The Morgan fingerprint density at radius 1 is 1.04 bits per heavy atom. The van der Waals surface area contributed by atoms with Crippen LogP contribution in [0.4, 0.5) is 0 Å². The molecule has 132 valence electrons. The van der Waals surface area contributed by atoms with Crippen LogP contribution in [0.15, 0.2) is 0 Å². The van der Waals surface area contributed by atoms with Gasteiger partial charge in [-0.05, 0) is 79.4 Å². The van der Waals surface area contributed by atoms with E-state index in [1.807, 2.05) is 0 Å². The van der Waals surface area contributed by atoms with Crippen LogP contribution in [0.5, 0.6) is 0 Å². The predicted molar refractivity (Wildman–Crippen MR) is 88.9 cm³/mol. The molecule has 6 fully saturated rings. The van der Waals surface area contributed by atoms with E-state index in [0.29, 0.717) is 53.6 Å². The number of carbonyl (C=O) groups excluding carboxylic acids is 1. The molecule has 2 N–H and O–H groups in total. The van der Waals surface area contributed by atoms with Gasteiger partial charge < -0.3 is 10.2 Å². The lowest BCUT2D eigenvalue weighted by molar-refractivity contribution is -0.225. The van der Waals surface area contributed by atoms with Gasteiger partial charge in [-0.25, -0.2) is 0 Å². The molecule has 0 aliphatic heterocycles. The first-order chi connectivity index (χ1) is 11.3. The standard InChI is InChI=1S/C21H30O3/c1-19-5-4-14-16(17(19)11-7-12(11)18(19)23)13-8-15(13)21(24)9-10(22)3-6-20(14,21)2/h10-17,22,24H,3-9H2,1-2H3/t10-,11+,12-,13?,14?,15?,16+,17?,19-,20+,21+/m0/s1. The van der Waals surface area contributed by atoms with E-state index in [0.717, 1.165) is 38.5 Å². The van der Waals surface area contributed by atoms with Crippen molar-refractivity contribution in [2.24, 2.45) is 52.3 Å². The molecule has 0 aromatic heterocycles. The third kappa shape index (κ3) is 1.37. The maximum Gasteiger partial charge on any atom is 0.142 e. The normalized spacial score (nSPS) is 69.1. The van der Waals surface area contributed by atoms with Crippen molar-refractivity contribution < 1.29 is 15.0 Å². The summed E-state index contributed by atoms with van der Waals surface area (Å²) in [4.78, 5) is 12.9. The number of rotatable bonds is 0. The van der Waals surface area contributed by atoms with Gasteiger partial charge in [-0.3, -0.25) is 4.79 Å². The Bertz CT molecular complexity index is 645. The van der Waals surface area contributed by atoms with Crippen LogP contribution in [-0.2, 0) is 4.79 Å². The van der Waals surface area contributed by atoms with Gasteiger partial charge in [0, 0.05) is 17.8 Å². The Morgan fingerprint density at radius 2 is 1.83 bits per heavy atom. The highest BCUT2D eigenvalue weighted by Crippen LogP contribution is 2.78. The lowest BCUT2D eigenvalue weighted by Gasteiger charge is -2.63. The van der Waals surface area contributed by atoms with Gasteiger partial charge in [-0.1, -0.05) is 13.8 Å². The average molecular weight is 330 g/mol. The van der Waals surface area contributed by atoms with Crippen LogP contribution in [-0.4, -0.2) is 27.7 Å². The van der Waals surface area contributed by atoms with Crippen molar-refractivity contribution in [3.63, 3.8) is 0 Å². The van der Waals surface area contributed by atoms with Crippen LogP contribution < -0.4 is 0 Å². The quantitative estimate of drug-likeness (QED) is 0.718. The summed E-state index contributed by atoms with van der Waals surface area (Å²) in [6.07, 6.45) is 6.50. The zero-order valence-electron chi connectivity index (χ0n) is 14.9. The molecule has 0 bridgehead atoms. The van der Waals surface area contributed by atoms with E-state index in [4.69, 9.17) is 0 Å². The number of carbonyl (C=O) groups is 1. The van der Waals surface area contributed by atoms with E-state index in [2.05, 4.69) is 13.8 Å². The fourth-order valence-electron chi connectivity index (χ4n) is 8.83. The fourth-order valence-corrected chi connectivity index (χ4v) is 8.83. The Labute approximate surface area is 144 Å². The second-order valence-corrected chi connectivity index (χ2v) is 10.8. The van der Waals surface area contributed by atoms with Crippen LogP contribution >= 0.6 is 0 Å². The molecular formula is C21H30O3. The lowest BCUT2D eigenvalue weighted by Crippen LogP contribution is -2.64. The molecule has 0 spiro atoms. The molecule has 11 atom stereocenters. The Kier molecular flexibility index (Phi) is 2.43. The summed E-state index contributed by atoms with van der Waals surface area (Å²) in [7, 11) is 0. The van der Waals surface area contributed by atoms with Crippen molar-refractivity contribution in [2.45, 2.75) is 70.5 Å². The second kappa shape index (κ2) is 3.96. The summed E-state index contributed by atoms with van der Waals surface area (Å²) in [5, 5.41) is 21.9. The van der Waals surface area contributed by atoms with Crippen LogP contribution in [0.2, 0.25) is 0 Å². The van der Waals surface area contributed by atoms with Crippen molar-refractivity contribution in [3.8, 4) is 0 Å². The zero-order valence-corrected chi connectivity index (χ0v) is 14.9. The summed E-state index contributed by atoms with van der Waals surface area (Å²) in [6, 6.07) is 0. The number of aliphatic hydroxyl groups is 2. The lowest BCUT2D eigenvalue weighted by atomic mass is 9.43. The van der Waals surface area contributed by atoms with Crippen molar-refractivity contribution in [1.29, 1.82) is 0 Å². The van der Waals surface area contributed by atoms with Gasteiger partial charge in [0.05, 0.1) is 11.7 Å². The number of aliphatic hydroxyl groups excluding tert-OH is 1. The van der Waals surface area contributed by atoms with Crippen LogP contribution in [0.3, 0.4) is 0 Å². The van der Waals surface area contributed by atoms with E-state index >= 15 is 0 Å². The molecule has 0 aromatic rings. The molecule has 0 radical (unpaired) electrons. The van der Waals surface area contributed by atoms with Crippen molar-refractivity contribution >= 4 is 5.78 Å². The largest absolute Gasteiger partial charge is 0.393 e. The third-order valence-corrected chi connectivity index (χ3v) is 10.1. The van der Waals surface area contributed by atoms with Gasteiger partial charge in [0.2, 0.25) is 0 Å². The summed E-state index contributed by atoms with van der Waals surface area (Å²) < 4.78 is 0. The van der Waals surface area contributed by atoms with E-state index in [1.165, 1.54) is 0 Å². The fraction of sp³-hybridized carbons (Fsp3) is 0.952. The topological polar surface area (TPSA) is 57.5 Å². The maximum atomic E-state index is 12.9. The van der Waals surface area contributed by atoms with Gasteiger partial charge in [0.25, 0.3) is 0 Å². The first-order valence-electron chi connectivity index (χ1n) is 10.3. The smallest absolute Gasteiger partial charge is 0.142 e. The number of fused-ring (bicyclic) bond motifs is 10. The monoisotopic (exact) mass is 330 g/mol. The molecule has 4 unspecified atom stereocenters. The summed E-state index contributed by atoms with van der Waals surface area (Å²) in [5.74, 6) is 4.46. The Morgan fingerprint density at radius 3 is 2.62 bits per heavy atom. The average Bonchev–Trinajstić information content (AvgIpc) is 3.41. The van der Waals surface area contributed by atoms with Crippen LogP contribution in [0.25, 0.3) is 0 Å². The van der Waals surface area contributed by atoms with Crippen LogP contribution in [0.1, 0.15) is 58.8 Å². The summed E-state index contributed by atoms with van der Waals surface area (Å²) in [6.45, 7) is 4.60. The SMILES string of the molecule is C[C@]12CCC3[C@@H](C4CC4[C@]4(O)C[C@@H](O)CC[C@]34C)C1[C@@H]1C[C@@H]1C2=O. The number of ketones is 1. The molecule has 3 heteroatoms.